The third kappa shape index (κ3) is 6.92. The van der Waals surface area contributed by atoms with Gasteiger partial charge in [0.2, 0.25) is 0 Å². The van der Waals surface area contributed by atoms with Crippen LogP contribution in [0.5, 0.6) is 11.5 Å². The monoisotopic (exact) mass is 393 g/mol. The zero-order valence-electron chi connectivity index (χ0n) is 18.5. The molecule has 6 heteroatoms. The number of piperidine rings is 1. The predicted molar refractivity (Wildman–Crippen MR) is 114 cm³/mol. The first-order valence-corrected chi connectivity index (χ1v) is 10.4. The van der Waals surface area contributed by atoms with Gasteiger partial charge in [-0.3, -0.25) is 4.90 Å². The maximum atomic E-state index is 10.3. The van der Waals surface area contributed by atoms with Crippen LogP contribution < -0.4 is 9.47 Å². The Morgan fingerprint density at radius 2 is 1.82 bits per heavy atom. The molecular weight excluding hydrogens is 354 g/mol. The average molecular weight is 394 g/mol. The minimum absolute atomic E-state index is 0.255. The van der Waals surface area contributed by atoms with Crippen molar-refractivity contribution in [3.63, 3.8) is 0 Å². The maximum Gasteiger partial charge on any atom is 0.161 e. The third-order valence-electron chi connectivity index (χ3n) is 5.73. The molecule has 6 nitrogen and oxygen atoms in total. The highest BCUT2D eigenvalue weighted by atomic mass is 16.5. The molecule has 160 valence electrons. The summed E-state index contributed by atoms with van der Waals surface area (Å²) in [6.07, 6.45) is 1.88. The molecule has 0 aliphatic carbocycles. The molecule has 0 amide bonds. The van der Waals surface area contributed by atoms with Crippen LogP contribution in [0.2, 0.25) is 0 Å². The van der Waals surface area contributed by atoms with Crippen molar-refractivity contribution in [2.75, 3.05) is 54.5 Å². The molecule has 0 saturated carbocycles. The van der Waals surface area contributed by atoms with Gasteiger partial charge in [-0.25, -0.2) is 0 Å². The topological polar surface area (TPSA) is 48.4 Å². The summed E-state index contributed by atoms with van der Waals surface area (Å²) in [7, 11) is 7.99. The summed E-state index contributed by atoms with van der Waals surface area (Å²) in [5, 5.41) is 10.3. The molecule has 28 heavy (non-hydrogen) atoms. The van der Waals surface area contributed by atoms with E-state index in [1.54, 1.807) is 7.11 Å². The number of aliphatic hydroxyl groups excluding tert-OH is 1. The number of hydrogen-bond donors (Lipinski definition) is 1. The third-order valence-corrected chi connectivity index (χ3v) is 5.73. The number of benzene rings is 1. The average Bonchev–Trinajstić information content (AvgIpc) is 2.66. The number of hydrogen-bond acceptors (Lipinski definition) is 6. The molecule has 1 aromatic rings. The maximum absolute atomic E-state index is 10.3. The van der Waals surface area contributed by atoms with Crippen LogP contribution in [0, 0.1) is 0 Å². The van der Waals surface area contributed by atoms with Gasteiger partial charge in [0.1, 0.15) is 12.7 Å². The molecule has 1 saturated heterocycles. The Balaban J connectivity index is 1.92. The standard InChI is InChI=1S/C22H39N3O3/c1-17(2)24(5)15-20(26)16-28-22-13-18(7-8-21(22)27-6)14-25-11-9-19(10-12-25)23(3)4/h7-8,13,17,19-20,26H,9-12,14-16H2,1-6H3. The van der Waals surface area contributed by atoms with Gasteiger partial charge in [0.15, 0.2) is 11.5 Å². The van der Waals surface area contributed by atoms with Gasteiger partial charge in [-0.05, 0) is 78.6 Å². The molecule has 1 atom stereocenters. The van der Waals surface area contributed by atoms with Gasteiger partial charge in [-0.15, -0.1) is 0 Å². The molecule has 1 aromatic carbocycles. The lowest BCUT2D eigenvalue weighted by atomic mass is 10.0. The molecular formula is C22H39N3O3. The number of rotatable bonds is 10. The number of nitrogens with zero attached hydrogens (tertiary/aromatic N) is 3. The number of likely N-dealkylation sites (N-methyl/N-ethyl adjacent to an activating group) is 1. The van der Waals surface area contributed by atoms with Crippen molar-refractivity contribution < 1.29 is 14.6 Å². The van der Waals surface area contributed by atoms with Crippen molar-refractivity contribution in [3.05, 3.63) is 23.8 Å². The molecule has 1 aliphatic heterocycles. The Labute approximate surface area is 171 Å². The Morgan fingerprint density at radius 3 is 2.39 bits per heavy atom. The van der Waals surface area contributed by atoms with E-state index in [0.717, 1.165) is 19.6 Å². The van der Waals surface area contributed by atoms with E-state index in [1.165, 1.54) is 18.4 Å². The van der Waals surface area contributed by atoms with Crippen molar-refractivity contribution in [1.82, 2.24) is 14.7 Å². The summed E-state index contributed by atoms with van der Waals surface area (Å²) in [5.74, 6) is 1.41. The van der Waals surface area contributed by atoms with Crippen molar-refractivity contribution in [2.24, 2.45) is 0 Å². The minimum atomic E-state index is -0.536. The number of ether oxygens (including phenoxy) is 2. The summed E-state index contributed by atoms with van der Waals surface area (Å²) in [5.41, 5.74) is 1.22. The van der Waals surface area contributed by atoms with E-state index in [2.05, 4.69) is 54.8 Å². The Morgan fingerprint density at radius 1 is 1.14 bits per heavy atom. The van der Waals surface area contributed by atoms with E-state index >= 15 is 0 Å². The second kappa shape index (κ2) is 11.0. The summed E-state index contributed by atoms with van der Waals surface area (Å²) >= 11 is 0. The van der Waals surface area contributed by atoms with Gasteiger partial charge >= 0.3 is 0 Å². The summed E-state index contributed by atoms with van der Waals surface area (Å²) in [6.45, 7) is 8.21. The zero-order chi connectivity index (χ0) is 20.7. The Kier molecular flexibility index (Phi) is 9.02. The molecule has 2 rings (SSSR count). The largest absolute Gasteiger partial charge is 0.493 e. The molecule has 1 unspecified atom stereocenters. The van der Waals surface area contributed by atoms with Gasteiger partial charge in [0.25, 0.3) is 0 Å². The van der Waals surface area contributed by atoms with Crippen molar-refractivity contribution in [1.29, 1.82) is 0 Å². The smallest absolute Gasteiger partial charge is 0.161 e. The van der Waals surface area contributed by atoms with Crippen molar-refractivity contribution >= 4 is 0 Å². The van der Waals surface area contributed by atoms with Crippen LogP contribution in [0.25, 0.3) is 0 Å². The highest BCUT2D eigenvalue weighted by Gasteiger charge is 2.21. The normalized spacial score (nSPS) is 17.5. The molecule has 0 spiro atoms. The van der Waals surface area contributed by atoms with Crippen LogP contribution in [-0.2, 0) is 6.54 Å². The van der Waals surface area contributed by atoms with E-state index in [-0.39, 0.29) is 6.61 Å². The molecule has 1 N–H and O–H groups in total. The van der Waals surface area contributed by atoms with Crippen molar-refractivity contribution in [3.8, 4) is 11.5 Å². The van der Waals surface area contributed by atoms with Gasteiger partial charge in [-0.1, -0.05) is 6.07 Å². The zero-order valence-corrected chi connectivity index (χ0v) is 18.5. The number of methoxy groups -OCH3 is 1. The summed E-state index contributed by atoms with van der Waals surface area (Å²) in [4.78, 5) is 6.94. The Hall–Kier alpha value is -1.34. The first kappa shape index (κ1) is 22.9. The number of likely N-dealkylation sites (tertiary alicyclic amines) is 1. The SMILES string of the molecule is COc1ccc(CN2CCC(N(C)C)CC2)cc1OCC(O)CN(C)C(C)C. The van der Waals surface area contributed by atoms with Gasteiger partial charge in [0.05, 0.1) is 7.11 Å². The first-order chi connectivity index (χ1) is 13.3. The van der Waals surface area contributed by atoms with Crippen LogP contribution in [0.15, 0.2) is 18.2 Å². The second-order valence-corrected chi connectivity index (χ2v) is 8.45. The highest BCUT2D eigenvalue weighted by Crippen LogP contribution is 2.29. The fraction of sp³-hybridized carbons (Fsp3) is 0.727. The molecule has 1 heterocycles. The fourth-order valence-corrected chi connectivity index (χ4v) is 3.57. The summed E-state index contributed by atoms with van der Waals surface area (Å²) < 4.78 is 11.4. The second-order valence-electron chi connectivity index (χ2n) is 8.45. The number of aliphatic hydroxyl groups is 1. The summed E-state index contributed by atoms with van der Waals surface area (Å²) in [6, 6.07) is 7.20. The van der Waals surface area contributed by atoms with Gasteiger partial charge in [0, 0.05) is 25.2 Å². The van der Waals surface area contributed by atoms with Gasteiger partial charge < -0.3 is 24.4 Å². The van der Waals surface area contributed by atoms with E-state index in [9.17, 15) is 5.11 Å². The minimum Gasteiger partial charge on any atom is -0.493 e. The lowest BCUT2D eigenvalue weighted by Crippen LogP contribution is -2.41. The molecule has 0 bridgehead atoms. The molecule has 1 aliphatic rings. The molecule has 0 radical (unpaired) electrons. The van der Waals surface area contributed by atoms with E-state index in [4.69, 9.17) is 9.47 Å². The van der Waals surface area contributed by atoms with E-state index in [0.29, 0.717) is 30.1 Å². The van der Waals surface area contributed by atoms with Crippen molar-refractivity contribution in [2.45, 2.75) is 51.4 Å². The lowest BCUT2D eigenvalue weighted by molar-refractivity contribution is 0.0667. The van der Waals surface area contributed by atoms with E-state index < -0.39 is 6.10 Å². The predicted octanol–water partition coefficient (Wildman–Crippen LogP) is 2.30. The quantitative estimate of drug-likeness (QED) is 0.658. The fourth-order valence-electron chi connectivity index (χ4n) is 3.57. The lowest BCUT2D eigenvalue weighted by Gasteiger charge is -2.35. The molecule has 0 aromatic heterocycles. The molecule has 1 fully saturated rings. The van der Waals surface area contributed by atoms with Gasteiger partial charge in [-0.2, -0.15) is 0 Å². The van der Waals surface area contributed by atoms with Crippen LogP contribution in [0.3, 0.4) is 0 Å². The van der Waals surface area contributed by atoms with Crippen LogP contribution in [-0.4, -0.2) is 92.5 Å². The highest BCUT2D eigenvalue weighted by molar-refractivity contribution is 5.43. The van der Waals surface area contributed by atoms with Crippen LogP contribution in [0.1, 0.15) is 32.3 Å². The van der Waals surface area contributed by atoms with E-state index in [1.807, 2.05) is 13.1 Å². The Bertz CT molecular complexity index is 586. The van der Waals surface area contributed by atoms with Crippen LogP contribution in [0.4, 0.5) is 0 Å². The van der Waals surface area contributed by atoms with Crippen LogP contribution >= 0.6 is 0 Å². The first-order valence-electron chi connectivity index (χ1n) is 10.4.